The quantitative estimate of drug-likeness (QED) is 0.770. The van der Waals surface area contributed by atoms with Gasteiger partial charge in [-0.25, -0.2) is 4.98 Å². The van der Waals surface area contributed by atoms with E-state index in [1.165, 1.54) is 10.6 Å². The Kier molecular flexibility index (Phi) is 6.26. The fourth-order valence-corrected chi connectivity index (χ4v) is 2.92. The lowest BCUT2D eigenvalue weighted by Gasteiger charge is -2.17. The molecule has 1 rings (SSSR count). The summed E-state index contributed by atoms with van der Waals surface area (Å²) >= 11 is 1.78. The van der Waals surface area contributed by atoms with Gasteiger partial charge < -0.3 is 10.1 Å². The van der Waals surface area contributed by atoms with Gasteiger partial charge in [-0.3, -0.25) is 0 Å². The summed E-state index contributed by atoms with van der Waals surface area (Å²) < 4.78 is 5.45. The Morgan fingerprint density at radius 2 is 2.00 bits per heavy atom. The van der Waals surface area contributed by atoms with Crippen LogP contribution < -0.4 is 5.32 Å². The van der Waals surface area contributed by atoms with Gasteiger partial charge in [-0.1, -0.05) is 27.7 Å². The highest BCUT2D eigenvalue weighted by molar-refractivity contribution is 7.11. The minimum absolute atomic E-state index is 0.101. The van der Waals surface area contributed by atoms with Crippen molar-refractivity contribution in [2.45, 2.75) is 59.6 Å². The van der Waals surface area contributed by atoms with Crippen LogP contribution in [0.1, 0.15) is 56.6 Å². The molecule has 0 amide bonds. The normalized spacial score (nSPS) is 12.1. The topological polar surface area (TPSA) is 34.1 Å². The van der Waals surface area contributed by atoms with Gasteiger partial charge in [-0.2, -0.15) is 0 Å². The lowest BCUT2D eigenvalue weighted by Crippen LogP contribution is -2.19. The zero-order valence-corrected chi connectivity index (χ0v) is 13.1. The van der Waals surface area contributed by atoms with E-state index in [1.54, 1.807) is 11.3 Å². The lowest BCUT2D eigenvalue weighted by molar-refractivity contribution is 0.133. The van der Waals surface area contributed by atoms with Crippen molar-refractivity contribution in [3.63, 3.8) is 0 Å². The first-order valence-electron chi connectivity index (χ1n) is 6.76. The largest absolute Gasteiger partial charge is 0.375 e. The van der Waals surface area contributed by atoms with Crippen molar-refractivity contribution in [3.8, 4) is 0 Å². The molecule has 0 saturated carbocycles. The molecule has 4 heteroatoms. The van der Waals surface area contributed by atoms with Gasteiger partial charge >= 0.3 is 0 Å². The van der Waals surface area contributed by atoms with E-state index in [0.717, 1.165) is 31.1 Å². The van der Waals surface area contributed by atoms with Crippen molar-refractivity contribution < 1.29 is 4.74 Å². The van der Waals surface area contributed by atoms with Crippen LogP contribution >= 0.6 is 11.3 Å². The first-order valence-corrected chi connectivity index (χ1v) is 7.58. The minimum Gasteiger partial charge on any atom is -0.375 e. The van der Waals surface area contributed by atoms with Crippen molar-refractivity contribution in [2.24, 2.45) is 0 Å². The molecule has 0 radical (unpaired) electrons. The van der Waals surface area contributed by atoms with E-state index in [2.05, 4.69) is 33.0 Å². The van der Waals surface area contributed by atoms with E-state index in [1.807, 2.05) is 6.92 Å². The molecule has 18 heavy (non-hydrogen) atoms. The first-order chi connectivity index (χ1) is 8.49. The third-order valence-corrected chi connectivity index (χ3v) is 3.62. The predicted molar refractivity (Wildman–Crippen MR) is 78.1 cm³/mol. The number of nitrogens with one attached hydrogen (secondary N) is 1. The SMILES string of the molecule is CCCNCc1sc(COCC)nc1C(C)(C)C. The highest BCUT2D eigenvalue weighted by Gasteiger charge is 2.22. The Balaban J connectivity index is 2.80. The molecular formula is C14H26N2OS. The highest BCUT2D eigenvalue weighted by Crippen LogP contribution is 2.29. The summed E-state index contributed by atoms with van der Waals surface area (Å²) in [6.45, 7) is 14.2. The van der Waals surface area contributed by atoms with Crippen molar-refractivity contribution in [1.82, 2.24) is 10.3 Å². The second-order valence-electron chi connectivity index (χ2n) is 5.44. The van der Waals surface area contributed by atoms with Crippen LogP contribution in [0.2, 0.25) is 0 Å². The molecule has 0 fully saturated rings. The molecule has 0 aliphatic carbocycles. The van der Waals surface area contributed by atoms with Crippen molar-refractivity contribution in [2.75, 3.05) is 13.2 Å². The summed E-state index contributed by atoms with van der Waals surface area (Å²) in [6, 6.07) is 0. The van der Waals surface area contributed by atoms with Crippen LogP contribution in [0.15, 0.2) is 0 Å². The molecule has 0 atom stereocenters. The van der Waals surface area contributed by atoms with Crippen LogP contribution in [-0.2, 0) is 23.3 Å². The second kappa shape index (κ2) is 7.22. The van der Waals surface area contributed by atoms with Gasteiger partial charge in [0, 0.05) is 23.4 Å². The highest BCUT2D eigenvalue weighted by atomic mass is 32.1. The number of rotatable bonds is 7. The maximum atomic E-state index is 5.45. The van der Waals surface area contributed by atoms with Gasteiger partial charge in [-0.15, -0.1) is 11.3 Å². The van der Waals surface area contributed by atoms with Crippen molar-refractivity contribution >= 4 is 11.3 Å². The maximum Gasteiger partial charge on any atom is 0.119 e. The Morgan fingerprint density at radius 3 is 2.56 bits per heavy atom. The maximum absolute atomic E-state index is 5.45. The van der Waals surface area contributed by atoms with Gasteiger partial charge in [0.15, 0.2) is 0 Å². The Hall–Kier alpha value is -0.450. The van der Waals surface area contributed by atoms with Crippen LogP contribution in [0.5, 0.6) is 0 Å². The van der Waals surface area contributed by atoms with E-state index < -0.39 is 0 Å². The minimum atomic E-state index is 0.101. The molecule has 1 aromatic heterocycles. The van der Waals surface area contributed by atoms with Crippen molar-refractivity contribution in [3.05, 3.63) is 15.6 Å². The fourth-order valence-electron chi connectivity index (χ4n) is 1.74. The molecule has 1 heterocycles. The van der Waals surface area contributed by atoms with E-state index in [9.17, 15) is 0 Å². The molecule has 0 bridgehead atoms. The van der Waals surface area contributed by atoms with Gasteiger partial charge in [0.2, 0.25) is 0 Å². The number of hydrogen-bond acceptors (Lipinski definition) is 4. The van der Waals surface area contributed by atoms with Crippen LogP contribution in [0, 0.1) is 0 Å². The van der Waals surface area contributed by atoms with Gasteiger partial charge in [0.25, 0.3) is 0 Å². The third-order valence-electron chi connectivity index (χ3n) is 2.59. The molecule has 0 aromatic carbocycles. The van der Waals surface area contributed by atoms with Crippen molar-refractivity contribution in [1.29, 1.82) is 0 Å². The lowest BCUT2D eigenvalue weighted by atomic mass is 9.91. The van der Waals surface area contributed by atoms with Gasteiger partial charge in [0.05, 0.1) is 12.3 Å². The molecule has 1 aromatic rings. The molecule has 104 valence electrons. The molecule has 0 aliphatic rings. The molecule has 0 aliphatic heterocycles. The zero-order valence-electron chi connectivity index (χ0n) is 12.3. The van der Waals surface area contributed by atoms with Gasteiger partial charge in [-0.05, 0) is 19.9 Å². The Bertz CT molecular complexity index is 355. The van der Waals surface area contributed by atoms with Gasteiger partial charge in [0.1, 0.15) is 5.01 Å². The smallest absolute Gasteiger partial charge is 0.119 e. The standard InChI is InChI=1S/C14H26N2OS/c1-6-8-15-9-11-13(14(3,4)5)16-12(18-11)10-17-7-2/h15H,6-10H2,1-5H3. The van der Waals surface area contributed by atoms with Crippen LogP contribution in [-0.4, -0.2) is 18.1 Å². The molecular weight excluding hydrogens is 244 g/mol. The average molecular weight is 270 g/mol. The average Bonchev–Trinajstić information content (AvgIpc) is 2.70. The molecule has 0 saturated heterocycles. The number of ether oxygens (including phenoxy) is 1. The molecule has 3 nitrogen and oxygen atoms in total. The number of aromatic nitrogens is 1. The predicted octanol–water partition coefficient (Wildman–Crippen LogP) is 3.48. The monoisotopic (exact) mass is 270 g/mol. The zero-order chi connectivity index (χ0) is 13.6. The van der Waals surface area contributed by atoms with E-state index in [0.29, 0.717) is 6.61 Å². The first kappa shape index (κ1) is 15.6. The number of hydrogen-bond donors (Lipinski definition) is 1. The van der Waals surface area contributed by atoms with E-state index >= 15 is 0 Å². The third kappa shape index (κ3) is 4.67. The summed E-state index contributed by atoms with van der Waals surface area (Å²) in [4.78, 5) is 6.10. The summed E-state index contributed by atoms with van der Waals surface area (Å²) in [6.07, 6.45) is 1.16. The Morgan fingerprint density at radius 1 is 1.28 bits per heavy atom. The number of nitrogens with zero attached hydrogens (tertiary/aromatic N) is 1. The van der Waals surface area contributed by atoms with Crippen LogP contribution in [0.3, 0.4) is 0 Å². The Labute approximate surface area is 115 Å². The van der Waals surface area contributed by atoms with E-state index in [4.69, 9.17) is 9.72 Å². The summed E-state index contributed by atoms with van der Waals surface area (Å²) in [5.41, 5.74) is 1.32. The summed E-state index contributed by atoms with van der Waals surface area (Å²) in [7, 11) is 0. The second-order valence-corrected chi connectivity index (χ2v) is 6.61. The summed E-state index contributed by atoms with van der Waals surface area (Å²) in [5, 5.41) is 4.56. The fraction of sp³-hybridized carbons (Fsp3) is 0.786. The molecule has 0 spiro atoms. The van der Waals surface area contributed by atoms with Crippen LogP contribution in [0.25, 0.3) is 0 Å². The number of thiazole rings is 1. The molecule has 1 N–H and O–H groups in total. The van der Waals surface area contributed by atoms with Crippen LogP contribution in [0.4, 0.5) is 0 Å². The summed E-state index contributed by atoms with van der Waals surface area (Å²) in [5.74, 6) is 0. The van der Waals surface area contributed by atoms with E-state index in [-0.39, 0.29) is 5.41 Å². The molecule has 0 unspecified atom stereocenters.